The standard InChI is InChI=1S/C34H46O12/c1-3-5-15-27-17-21-29(22-18-27)31(35)41-45-43-33(37)39-25-13-11-9-7-8-10-12-14-26-40-34(38)44-46-42-32(36)30-23-19-28(20-24-30)16-6-4-2/h17-24H,3-16,25-26H2,1-2H3. The van der Waals surface area contributed by atoms with E-state index in [0.29, 0.717) is 12.8 Å². The maximum Gasteiger partial charge on any atom is 0.543 e. The Balaban J connectivity index is 1.36. The molecule has 2 aromatic carbocycles. The Morgan fingerprint density at radius 2 is 0.804 bits per heavy atom. The van der Waals surface area contributed by atoms with E-state index < -0.39 is 24.2 Å². The molecule has 0 radical (unpaired) electrons. The number of carbonyl (C=O) groups is 4. The van der Waals surface area contributed by atoms with Crippen molar-refractivity contribution >= 4 is 24.2 Å². The number of benzene rings is 2. The Bertz CT molecular complexity index is 1060. The predicted octanol–water partition coefficient (Wildman–Crippen LogP) is 8.51. The molecule has 0 heterocycles. The Labute approximate surface area is 270 Å². The van der Waals surface area contributed by atoms with Crippen molar-refractivity contribution in [3.8, 4) is 0 Å². The van der Waals surface area contributed by atoms with E-state index in [1.54, 1.807) is 24.3 Å². The van der Waals surface area contributed by atoms with Crippen LogP contribution in [0.3, 0.4) is 0 Å². The summed E-state index contributed by atoms with van der Waals surface area (Å²) in [5, 5.41) is 8.48. The summed E-state index contributed by atoms with van der Waals surface area (Å²) in [4.78, 5) is 64.5. The second kappa shape index (κ2) is 24.1. The molecule has 0 unspecified atom stereocenters. The third-order valence-corrected chi connectivity index (χ3v) is 6.92. The van der Waals surface area contributed by atoms with Gasteiger partial charge >= 0.3 is 24.2 Å². The zero-order valence-electron chi connectivity index (χ0n) is 26.8. The minimum Gasteiger partial charge on any atom is -0.432 e. The molecule has 12 nitrogen and oxygen atoms in total. The lowest BCUT2D eigenvalue weighted by Gasteiger charge is -2.06. The molecule has 0 aliphatic rings. The van der Waals surface area contributed by atoms with Crippen LogP contribution < -0.4 is 0 Å². The van der Waals surface area contributed by atoms with Crippen LogP contribution in [-0.4, -0.2) is 37.5 Å². The quantitative estimate of drug-likeness (QED) is 0.0494. The van der Waals surface area contributed by atoms with Crippen molar-refractivity contribution < 1.29 is 58.3 Å². The molecule has 0 saturated heterocycles. The molecule has 254 valence electrons. The van der Waals surface area contributed by atoms with Gasteiger partial charge in [0.2, 0.25) is 0 Å². The van der Waals surface area contributed by atoms with Crippen molar-refractivity contribution in [2.45, 2.75) is 104 Å². The largest absolute Gasteiger partial charge is 0.543 e. The summed E-state index contributed by atoms with van der Waals surface area (Å²) in [5.74, 6) is -1.57. The maximum absolute atomic E-state index is 11.9. The van der Waals surface area contributed by atoms with Crippen LogP contribution in [0.4, 0.5) is 9.59 Å². The molecule has 0 spiro atoms. The van der Waals surface area contributed by atoms with Gasteiger partial charge in [-0.25, -0.2) is 29.0 Å². The van der Waals surface area contributed by atoms with Crippen LogP contribution >= 0.6 is 0 Å². The summed E-state index contributed by atoms with van der Waals surface area (Å²) >= 11 is 0. The monoisotopic (exact) mass is 646 g/mol. The molecule has 46 heavy (non-hydrogen) atoms. The third kappa shape index (κ3) is 17.4. The van der Waals surface area contributed by atoms with E-state index in [1.165, 1.54) is 0 Å². The topological polar surface area (TPSA) is 142 Å². The summed E-state index contributed by atoms with van der Waals surface area (Å²) in [6.07, 6.45) is 11.0. The normalized spacial score (nSPS) is 10.6. The summed E-state index contributed by atoms with van der Waals surface area (Å²) in [6, 6.07) is 13.9. The SMILES string of the molecule is CCCCc1ccc(C(=O)OOOC(=O)OCCCCCCCCCCOC(=O)OOOC(=O)c2ccc(CCCC)cc2)cc1. The number of ether oxygens (including phenoxy) is 2. The Morgan fingerprint density at radius 1 is 0.457 bits per heavy atom. The van der Waals surface area contributed by atoms with Gasteiger partial charge in [0.15, 0.2) is 0 Å². The first-order chi connectivity index (χ1) is 22.4. The highest BCUT2D eigenvalue weighted by Gasteiger charge is 2.13. The molecule has 0 bridgehead atoms. The van der Waals surface area contributed by atoms with Crippen LogP contribution in [0.5, 0.6) is 0 Å². The zero-order valence-corrected chi connectivity index (χ0v) is 26.8. The van der Waals surface area contributed by atoms with Gasteiger partial charge in [-0.2, -0.15) is 0 Å². The maximum atomic E-state index is 11.9. The van der Waals surface area contributed by atoms with Crippen LogP contribution in [0.1, 0.15) is 123 Å². The molecular weight excluding hydrogens is 600 g/mol. The second-order valence-electron chi connectivity index (χ2n) is 10.7. The minimum absolute atomic E-state index is 0.151. The summed E-state index contributed by atoms with van der Waals surface area (Å²) in [6.45, 7) is 4.53. The molecule has 0 amide bonds. The fourth-order valence-electron chi connectivity index (χ4n) is 4.25. The van der Waals surface area contributed by atoms with Gasteiger partial charge in [0, 0.05) is 0 Å². The van der Waals surface area contributed by atoms with Crippen molar-refractivity contribution in [3.63, 3.8) is 0 Å². The van der Waals surface area contributed by atoms with Crippen molar-refractivity contribution in [1.82, 2.24) is 0 Å². The lowest BCUT2D eigenvalue weighted by molar-refractivity contribution is -0.452. The lowest BCUT2D eigenvalue weighted by atomic mass is 10.1. The highest BCUT2D eigenvalue weighted by Crippen LogP contribution is 2.12. The number of rotatable bonds is 23. The van der Waals surface area contributed by atoms with Crippen molar-refractivity contribution in [3.05, 3.63) is 70.8 Å². The number of aryl methyl sites for hydroxylation is 2. The van der Waals surface area contributed by atoms with Gasteiger partial charge in [-0.1, -0.05) is 89.5 Å². The first kappa shape index (κ1) is 38.0. The minimum atomic E-state index is -1.09. The average molecular weight is 647 g/mol. The number of hydrogen-bond acceptors (Lipinski definition) is 12. The van der Waals surface area contributed by atoms with E-state index in [-0.39, 0.29) is 24.3 Å². The first-order valence-corrected chi connectivity index (χ1v) is 16.0. The molecule has 0 saturated carbocycles. The molecule has 2 rings (SSSR count). The van der Waals surface area contributed by atoms with Crippen LogP contribution in [0, 0.1) is 0 Å². The van der Waals surface area contributed by atoms with Gasteiger partial charge in [0.05, 0.1) is 34.4 Å². The van der Waals surface area contributed by atoms with E-state index in [1.807, 2.05) is 24.3 Å². The van der Waals surface area contributed by atoms with E-state index in [0.717, 1.165) is 88.2 Å². The molecule has 0 atom stereocenters. The Kier molecular flexibility index (Phi) is 19.9. The summed E-state index contributed by atoms with van der Waals surface area (Å²) in [5.41, 5.74) is 2.79. The van der Waals surface area contributed by atoms with Gasteiger partial charge in [-0.3, -0.25) is 9.78 Å². The predicted molar refractivity (Wildman–Crippen MR) is 165 cm³/mol. The molecule has 12 heteroatoms. The highest BCUT2D eigenvalue weighted by molar-refractivity contribution is 5.89. The van der Waals surface area contributed by atoms with Crippen LogP contribution in [-0.2, 0) is 51.9 Å². The van der Waals surface area contributed by atoms with Gasteiger partial charge in [0.1, 0.15) is 0 Å². The fraction of sp³-hybridized carbons (Fsp3) is 0.529. The van der Waals surface area contributed by atoms with E-state index in [9.17, 15) is 19.2 Å². The van der Waals surface area contributed by atoms with Crippen LogP contribution in [0.2, 0.25) is 0 Å². The van der Waals surface area contributed by atoms with E-state index in [2.05, 4.69) is 43.5 Å². The molecule has 0 fully saturated rings. The summed E-state index contributed by atoms with van der Waals surface area (Å²) in [7, 11) is 0. The second-order valence-corrected chi connectivity index (χ2v) is 10.7. The van der Waals surface area contributed by atoms with Gasteiger partial charge in [-0.05, 0) is 73.9 Å². The molecule has 0 aliphatic carbocycles. The van der Waals surface area contributed by atoms with Crippen molar-refractivity contribution in [2.75, 3.05) is 13.2 Å². The van der Waals surface area contributed by atoms with Gasteiger partial charge < -0.3 is 9.47 Å². The van der Waals surface area contributed by atoms with Crippen LogP contribution in [0.25, 0.3) is 0 Å². The van der Waals surface area contributed by atoms with Crippen molar-refractivity contribution in [1.29, 1.82) is 0 Å². The molecule has 0 aliphatic heterocycles. The first-order valence-electron chi connectivity index (χ1n) is 16.0. The third-order valence-electron chi connectivity index (χ3n) is 6.92. The van der Waals surface area contributed by atoms with E-state index >= 15 is 0 Å². The van der Waals surface area contributed by atoms with Crippen molar-refractivity contribution in [2.24, 2.45) is 0 Å². The Morgan fingerprint density at radius 3 is 1.15 bits per heavy atom. The number of hydrogen-bond donors (Lipinski definition) is 0. The number of unbranched alkanes of at least 4 members (excludes halogenated alkanes) is 9. The van der Waals surface area contributed by atoms with E-state index in [4.69, 9.17) is 9.47 Å². The lowest BCUT2D eigenvalue weighted by Crippen LogP contribution is -2.12. The molecule has 2 aromatic rings. The zero-order chi connectivity index (χ0) is 33.2. The molecular formula is C34H46O12. The molecule has 0 N–H and O–H groups in total. The molecule has 0 aromatic heterocycles. The van der Waals surface area contributed by atoms with Gasteiger partial charge in [0.25, 0.3) is 0 Å². The van der Waals surface area contributed by atoms with Crippen LogP contribution in [0.15, 0.2) is 48.5 Å². The highest BCUT2D eigenvalue weighted by atomic mass is 17.5. The fourth-order valence-corrected chi connectivity index (χ4v) is 4.25. The van der Waals surface area contributed by atoms with Gasteiger partial charge in [-0.15, -0.1) is 0 Å². The summed E-state index contributed by atoms with van der Waals surface area (Å²) < 4.78 is 9.77. The number of carbonyl (C=O) groups excluding carboxylic acids is 4. The average Bonchev–Trinajstić information content (AvgIpc) is 3.07. The Hall–Kier alpha value is -4.16. The smallest absolute Gasteiger partial charge is 0.432 e.